The smallest absolute Gasteiger partial charge is 0.148 e. The molecule has 1 aromatic rings. The molecule has 0 aromatic heterocycles. The number of nitrogens with one attached hydrogen (secondary N) is 1. The molecule has 1 fully saturated rings. The van der Waals surface area contributed by atoms with Gasteiger partial charge in [0.05, 0.1) is 6.10 Å². The van der Waals surface area contributed by atoms with Crippen molar-refractivity contribution < 1.29 is 9.84 Å². The second-order valence-corrected chi connectivity index (χ2v) is 5.00. The second-order valence-electron chi connectivity index (χ2n) is 5.00. The molecule has 1 saturated carbocycles. The summed E-state index contributed by atoms with van der Waals surface area (Å²) in [4.78, 5) is 0. The van der Waals surface area contributed by atoms with Crippen LogP contribution in [0, 0.1) is 12.3 Å². The van der Waals surface area contributed by atoms with Gasteiger partial charge < -0.3 is 15.2 Å². The number of hydrogen-bond acceptors (Lipinski definition) is 3. The Hall–Kier alpha value is -1.50. The van der Waals surface area contributed by atoms with Crippen LogP contribution in [0.1, 0.15) is 31.2 Å². The Balaban J connectivity index is 1.89. The number of hydrogen-bond donors (Lipinski definition) is 2. The van der Waals surface area contributed by atoms with Crippen LogP contribution in [0.3, 0.4) is 0 Å². The summed E-state index contributed by atoms with van der Waals surface area (Å²) in [5.41, 5.74) is 1.11. The summed E-state index contributed by atoms with van der Waals surface area (Å²) < 4.78 is 5.52. The SMILES string of the molecule is C#CCOc1ccccc1CNC1CCCC(O)C1. The fourth-order valence-electron chi connectivity index (χ4n) is 2.51. The minimum Gasteiger partial charge on any atom is -0.481 e. The number of benzene rings is 1. The molecule has 1 aliphatic rings. The fourth-order valence-corrected chi connectivity index (χ4v) is 2.51. The van der Waals surface area contributed by atoms with Gasteiger partial charge in [0, 0.05) is 18.2 Å². The Morgan fingerprint density at radius 2 is 2.21 bits per heavy atom. The molecular formula is C16H21NO2. The van der Waals surface area contributed by atoms with E-state index in [0.29, 0.717) is 12.6 Å². The van der Waals surface area contributed by atoms with Crippen molar-refractivity contribution in [1.82, 2.24) is 5.32 Å². The molecule has 0 spiro atoms. The number of terminal acetylenes is 1. The van der Waals surface area contributed by atoms with Crippen molar-refractivity contribution in [2.75, 3.05) is 6.61 Å². The molecule has 3 nitrogen and oxygen atoms in total. The highest BCUT2D eigenvalue weighted by Gasteiger charge is 2.19. The number of ether oxygens (including phenoxy) is 1. The summed E-state index contributed by atoms with van der Waals surface area (Å²) in [6.07, 6.45) is 9.05. The van der Waals surface area contributed by atoms with Crippen LogP contribution >= 0.6 is 0 Å². The van der Waals surface area contributed by atoms with Crippen LogP contribution in [0.2, 0.25) is 0 Å². The second kappa shape index (κ2) is 7.18. The van der Waals surface area contributed by atoms with Gasteiger partial charge in [-0.05, 0) is 31.7 Å². The molecule has 2 N–H and O–H groups in total. The first kappa shape index (κ1) is 13.9. The number of rotatable bonds is 5. The maximum Gasteiger partial charge on any atom is 0.148 e. The van der Waals surface area contributed by atoms with E-state index in [0.717, 1.165) is 43.5 Å². The molecule has 1 aliphatic carbocycles. The largest absolute Gasteiger partial charge is 0.481 e. The molecule has 3 heteroatoms. The third kappa shape index (κ3) is 4.27. The molecule has 0 bridgehead atoms. The summed E-state index contributed by atoms with van der Waals surface area (Å²) in [5, 5.41) is 13.2. The first-order valence-corrected chi connectivity index (χ1v) is 6.85. The molecule has 0 aliphatic heterocycles. The minimum atomic E-state index is -0.154. The van der Waals surface area contributed by atoms with Crippen LogP contribution in [0.15, 0.2) is 24.3 Å². The van der Waals surface area contributed by atoms with Gasteiger partial charge in [0.25, 0.3) is 0 Å². The number of aliphatic hydroxyl groups excluding tert-OH is 1. The lowest BCUT2D eigenvalue weighted by atomic mass is 9.93. The van der Waals surface area contributed by atoms with Gasteiger partial charge in [0.15, 0.2) is 0 Å². The van der Waals surface area contributed by atoms with E-state index in [4.69, 9.17) is 11.2 Å². The summed E-state index contributed by atoms with van der Waals surface area (Å²) in [6.45, 7) is 1.04. The quantitative estimate of drug-likeness (QED) is 0.796. The normalized spacial score (nSPS) is 22.7. The molecule has 0 amide bonds. The van der Waals surface area contributed by atoms with Gasteiger partial charge in [0.1, 0.15) is 12.4 Å². The first-order valence-electron chi connectivity index (χ1n) is 6.85. The molecule has 2 atom stereocenters. The van der Waals surface area contributed by atoms with Crippen molar-refractivity contribution in [3.63, 3.8) is 0 Å². The third-order valence-corrected chi connectivity index (χ3v) is 3.51. The number of para-hydroxylation sites is 1. The zero-order valence-corrected chi connectivity index (χ0v) is 11.1. The highest BCUT2D eigenvalue weighted by molar-refractivity contribution is 5.33. The Morgan fingerprint density at radius 3 is 3.00 bits per heavy atom. The lowest BCUT2D eigenvalue weighted by Gasteiger charge is -2.27. The van der Waals surface area contributed by atoms with Crippen molar-refractivity contribution in [2.45, 2.75) is 44.4 Å². The maximum atomic E-state index is 9.66. The van der Waals surface area contributed by atoms with Crippen LogP contribution in [-0.2, 0) is 6.54 Å². The highest BCUT2D eigenvalue weighted by Crippen LogP contribution is 2.21. The average Bonchev–Trinajstić information content (AvgIpc) is 2.44. The topological polar surface area (TPSA) is 41.5 Å². The molecule has 19 heavy (non-hydrogen) atoms. The Morgan fingerprint density at radius 1 is 1.37 bits per heavy atom. The Kier molecular flexibility index (Phi) is 5.26. The Bertz CT molecular complexity index is 439. The van der Waals surface area contributed by atoms with E-state index in [1.807, 2.05) is 24.3 Å². The maximum absolute atomic E-state index is 9.66. The lowest BCUT2D eigenvalue weighted by Crippen LogP contribution is -2.35. The van der Waals surface area contributed by atoms with Crippen LogP contribution in [0.4, 0.5) is 0 Å². The van der Waals surface area contributed by atoms with Gasteiger partial charge >= 0.3 is 0 Å². The molecule has 102 valence electrons. The van der Waals surface area contributed by atoms with E-state index in [-0.39, 0.29) is 6.10 Å². The Labute approximate surface area is 115 Å². The molecule has 2 unspecified atom stereocenters. The van der Waals surface area contributed by atoms with Gasteiger partial charge in [-0.2, -0.15) is 0 Å². The molecular weight excluding hydrogens is 238 g/mol. The van der Waals surface area contributed by atoms with Gasteiger partial charge in [0.2, 0.25) is 0 Å². The van der Waals surface area contributed by atoms with E-state index in [9.17, 15) is 5.11 Å². The van der Waals surface area contributed by atoms with E-state index >= 15 is 0 Å². The van der Waals surface area contributed by atoms with Crippen LogP contribution in [-0.4, -0.2) is 23.9 Å². The highest BCUT2D eigenvalue weighted by atomic mass is 16.5. The summed E-state index contributed by atoms with van der Waals surface area (Å²) in [6, 6.07) is 8.31. The average molecular weight is 259 g/mol. The monoisotopic (exact) mass is 259 g/mol. The van der Waals surface area contributed by atoms with Crippen molar-refractivity contribution in [1.29, 1.82) is 0 Å². The predicted octanol–water partition coefficient (Wildman–Crippen LogP) is 2.09. The third-order valence-electron chi connectivity index (χ3n) is 3.51. The van der Waals surface area contributed by atoms with Crippen molar-refractivity contribution >= 4 is 0 Å². The molecule has 0 saturated heterocycles. The lowest BCUT2D eigenvalue weighted by molar-refractivity contribution is 0.111. The van der Waals surface area contributed by atoms with Crippen LogP contribution in [0.5, 0.6) is 5.75 Å². The van der Waals surface area contributed by atoms with E-state index in [1.165, 1.54) is 0 Å². The van der Waals surface area contributed by atoms with Crippen LogP contribution in [0.25, 0.3) is 0 Å². The molecule has 0 heterocycles. The van der Waals surface area contributed by atoms with Crippen LogP contribution < -0.4 is 10.1 Å². The van der Waals surface area contributed by atoms with Gasteiger partial charge in [-0.25, -0.2) is 0 Å². The van der Waals surface area contributed by atoms with Crippen molar-refractivity contribution in [3.05, 3.63) is 29.8 Å². The minimum absolute atomic E-state index is 0.154. The summed E-state index contributed by atoms with van der Waals surface area (Å²) in [7, 11) is 0. The van der Waals surface area contributed by atoms with Crippen molar-refractivity contribution in [2.24, 2.45) is 0 Å². The van der Waals surface area contributed by atoms with E-state index in [1.54, 1.807) is 0 Å². The summed E-state index contributed by atoms with van der Waals surface area (Å²) >= 11 is 0. The predicted molar refractivity (Wildman–Crippen MR) is 75.9 cm³/mol. The zero-order chi connectivity index (χ0) is 13.5. The zero-order valence-electron chi connectivity index (χ0n) is 11.1. The van der Waals surface area contributed by atoms with Gasteiger partial charge in [-0.3, -0.25) is 0 Å². The molecule has 2 rings (SSSR count). The van der Waals surface area contributed by atoms with E-state index in [2.05, 4.69) is 11.2 Å². The molecule has 0 radical (unpaired) electrons. The fraction of sp³-hybridized carbons (Fsp3) is 0.500. The van der Waals surface area contributed by atoms with E-state index < -0.39 is 0 Å². The first-order chi connectivity index (χ1) is 9.29. The molecule has 1 aromatic carbocycles. The van der Waals surface area contributed by atoms with Gasteiger partial charge in [-0.15, -0.1) is 6.42 Å². The number of aliphatic hydroxyl groups is 1. The van der Waals surface area contributed by atoms with Crippen molar-refractivity contribution in [3.8, 4) is 18.1 Å². The summed E-state index contributed by atoms with van der Waals surface area (Å²) in [5.74, 6) is 3.32. The standard InChI is InChI=1S/C16H21NO2/c1-2-10-19-16-9-4-3-6-13(16)12-17-14-7-5-8-15(18)11-14/h1,3-4,6,9,14-15,17-18H,5,7-8,10-12H2. The van der Waals surface area contributed by atoms with Gasteiger partial charge in [-0.1, -0.05) is 24.1 Å².